The lowest BCUT2D eigenvalue weighted by atomic mass is 10.2. The molecule has 18 heavy (non-hydrogen) atoms. The summed E-state index contributed by atoms with van der Waals surface area (Å²) in [5.41, 5.74) is 0.868. The minimum absolute atomic E-state index is 0.271. The van der Waals surface area contributed by atoms with Crippen molar-refractivity contribution < 1.29 is 0 Å². The highest BCUT2D eigenvalue weighted by atomic mass is 35.5. The smallest absolute Gasteiger partial charge is 0.273 e. The van der Waals surface area contributed by atoms with Crippen LogP contribution in [0.4, 0.5) is 0 Å². The van der Waals surface area contributed by atoms with Crippen molar-refractivity contribution in [2.24, 2.45) is 0 Å². The van der Waals surface area contributed by atoms with Gasteiger partial charge in [-0.25, -0.2) is 0 Å². The van der Waals surface area contributed by atoms with Gasteiger partial charge in [0.1, 0.15) is 5.69 Å². The molecule has 0 saturated carbocycles. The molecule has 0 radical (unpaired) electrons. The van der Waals surface area contributed by atoms with Crippen LogP contribution in [0.3, 0.4) is 0 Å². The summed E-state index contributed by atoms with van der Waals surface area (Å²) in [5.74, 6) is 0.840. The number of halogens is 1. The summed E-state index contributed by atoms with van der Waals surface area (Å²) in [6.07, 6.45) is 0. The number of hydrogen-bond donors (Lipinski definition) is 1. The van der Waals surface area contributed by atoms with Crippen molar-refractivity contribution in [3.05, 3.63) is 45.3 Å². The van der Waals surface area contributed by atoms with Crippen molar-refractivity contribution in [3.63, 3.8) is 0 Å². The first-order valence-electron chi connectivity index (χ1n) is 5.23. The lowest BCUT2D eigenvalue weighted by Crippen LogP contribution is -2.15. The maximum absolute atomic E-state index is 11.4. The zero-order valence-corrected chi connectivity index (χ0v) is 10.1. The van der Waals surface area contributed by atoms with Gasteiger partial charge in [-0.05, 0) is 19.1 Å². The van der Waals surface area contributed by atoms with E-state index in [2.05, 4.69) is 20.3 Å². The molecule has 2 heterocycles. The number of nitrogens with zero attached hydrogens (tertiary/aromatic N) is 4. The van der Waals surface area contributed by atoms with Crippen LogP contribution < -0.4 is 5.56 Å². The summed E-state index contributed by atoms with van der Waals surface area (Å²) in [7, 11) is 0. The molecule has 3 rings (SSSR count). The fourth-order valence-electron chi connectivity index (χ4n) is 1.65. The van der Waals surface area contributed by atoms with E-state index in [1.54, 1.807) is 19.1 Å². The average molecular weight is 262 g/mol. The van der Waals surface area contributed by atoms with Crippen molar-refractivity contribution >= 4 is 17.4 Å². The highest BCUT2D eigenvalue weighted by molar-refractivity contribution is 6.30. The Morgan fingerprint density at radius 1 is 1.33 bits per heavy atom. The Balaban J connectivity index is 2.30. The van der Waals surface area contributed by atoms with Crippen LogP contribution in [-0.2, 0) is 0 Å². The van der Waals surface area contributed by atoms with Crippen LogP contribution in [0.15, 0.2) is 29.1 Å². The number of benzene rings is 1. The molecule has 6 nitrogen and oxygen atoms in total. The first-order valence-corrected chi connectivity index (χ1v) is 5.61. The Morgan fingerprint density at radius 3 is 2.94 bits per heavy atom. The predicted octanol–water partition coefficient (Wildman–Crippen LogP) is 1.44. The lowest BCUT2D eigenvalue weighted by molar-refractivity contribution is 0.854. The van der Waals surface area contributed by atoms with E-state index in [9.17, 15) is 4.79 Å². The second-order valence-electron chi connectivity index (χ2n) is 3.81. The monoisotopic (exact) mass is 261 g/mol. The van der Waals surface area contributed by atoms with Gasteiger partial charge < -0.3 is 0 Å². The Hall–Kier alpha value is -2.21. The van der Waals surface area contributed by atoms with Gasteiger partial charge in [0.15, 0.2) is 5.82 Å². The van der Waals surface area contributed by atoms with Crippen LogP contribution in [-0.4, -0.2) is 24.8 Å². The Labute approximate surface area is 106 Å². The van der Waals surface area contributed by atoms with E-state index in [-0.39, 0.29) is 5.56 Å². The number of fused-ring (bicyclic) bond motifs is 1. The SMILES string of the molecule is Cc1nn2c(-c3cccc(Cl)c3)nnc2[nH]c1=O. The minimum atomic E-state index is -0.271. The minimum Gasteiger partial charge on any atom is -0.288 e. The molecule has 0 unspecified atom stereocenters. The third-order valence-corrected chi connectivity index (χ3v) is 2.76. The van der Waals surface area contributed by atoms with Crippen molar-refractivity contribution in [1.29, 1.82) is 0 Å². The quantitative estimate of drug-likeness (QED) is 0.719. The van der Waals surface area contributed by atoms with Crippen molar-refractivity contribution in [3.8, 4) is 11.4 Å². The molecule has 0 aliphatic rings. The number of aromatic nitrogens is 5. The summed E-state index contributed by atoms with van der Waals surface area (Å²) in [6, 6.07) is 7.21. The number of aryl methyl sites for hydroxylation is 1. The third-order valence-electron chi connectivity index (χ3n) is 2.53. The summed E-state index contributed by atoms with van der Waals surface area (Å²) in [6.45, 7) is 1.63. The zero-order chi connectivity index (χ0) is 12.7. The molecule has 1 aromatic carbocycles. The van der Waals surface area contributed by atoms with Crippen LogP contribution in [0.1, 0.15) is 5.69 Å². The van der Waals surface area contributed by atoms with E-state index >= 15 is 0 Å². The Morgan fingerprint density at radius 2 is 2.17 bits per heavy atom. The molecule has 7 heteroatoms. The third kappa shape index (κ3) is 1.67. The van der Waals surface area contributed by atoms with Crippen LogP contribution in [0.25, 0.3) is 17.2 Å². The number of H-pyrrole nitrogens is 1. The van der Waals surface area contributed by atoms with E-state index < -0.39 is 0 Å². The van der Waals surface area contributed by atoms with Crippen LogP contribution >= 0.6 is 11.6 Å². The van der Waals surface area contributed by atoms with Gasteiger partial charge >= 0.3 is 0 Å². The molecule has 0 aliphatic heterocycles. The lowest BCUT2D eigenvalue weighted by Gasteiger charge is -2.00. The standard InChI is InChI=1S/C11H8ClN5O/c1-6-10(18)13-11-15-14-9(17(11)16-6)7-3-2-4-8(12)5-7/h2-5H,1H3,(H,13,15,18). The average Bonchev–Trinajstić information content (AvgIpc) is 2.73. The first kappa shape index (κ1) is 10.9. The van der Waals surface area contributed by atoms with Gasteiger partial charge in [0.2, 0.25) is 0 Å². The molecular weight excluding hydrogens is 254 g/mol. The van der Waals surface area contributed by atoms with E-state index in [1.807, 2.05) is 12.1 Å². The molecule has 2 aromatic heterocycles. The van der Waals surface area contributed by atoms with Crippen LogP contribution in [0.5, 0.6) is 0 Å². The zero-order valence-electron chi connectivity index (χ0n) is 9.38. The van der Waals surface area contributed by atoms with Crippen molar-refractivity contribution in [2.45, 2.75) is 6.92 Å². The summed E-state index contributed by atoms with van der Waals surface area (Å²) < 4.78 is 1.49. The number of nitrogens with one attached hydrogen (secondary N) is 1. The summed E-state index contributed by atoms with van der Waals surface area (Å²) >= 11 is 5.93. The van der Waals surface area contributed by atoms with Crippen LogP contribution in [0, 0.1) is 6.92 Å². The first-order chi connectivity index (χ1) is 8.65. The van der Waals surface area contributed by atoms with Gasteiger partial charge in [-0.2, -0.15) is 9.61 Å². The molecule has 0 saturated heterocycles. The van der Waals surface area contributed by atoms with Crippen molar-refractivity contribution in [2.75, 3.05) is 0 Å². The van der Waals surface area contributed by atoms with E-state index in [0.29, 0.717) is 22.3 Å². The molecule has 0 aliphatic carbocycles. The molecular formula is C11H8ClN5O. The highest BCUT2D eigenvalue weighted by Gasteiger charge is 2.11. The number of hydrogen-bond acceptors (Lipinski definition) is 4. The Bertz CT molecular complexity index is 791. The second kappa shape index (κ2) is 3.92. The van der Waals surface area contributed by atoms with Crippen molar-refractivity contribution in [1.82, 2.24) is 24.8 Å². The Kier molecular flexibility index (Phi) is 2.38. The summed E-state index contributed by atoms with van der Waals surface area (Å²) in [5, 5.41) is 12.6. The molecule has 90 valence electrons. The fourth-order valence-corrected chi connectivity index (χ4v) is 1.84. The van der Waals surface area contributed by atoms with Gasteiger partial charge in [-0.1, -0.05) is 23.7 Å². The summed E-state index contributed by atoms with van der Waals surface area (Å²) in [4.78, 5) is 14.0. The van der Waals surface area contributed by atoms with E-state index in [0.717, 1.165) is 5.56 Å². The molecule has 3 aromatic rings. The normalized spacial score (nSPS) is 11.0. The van der Waals surface area contributed by atoms with Gasteiger partial charge in [0, 0.05) is 10.6 Å². The molecule has 0 amide bonds. The maximum atomic E-state index is 11.4. The fraction of sp³-hybridized carbons (Fsp3) is 0.0909. The topological polar surface area (TPSA) is 75.9 Å². The van der Waals surface area contributed by atoms with Crippen LogP contribution in [0.2, 0.25) is 5.02 Å². The van der Waals surface area contributed by atoms with Gasteiger partial charge in [-0.15, -0.1) is 10.2 Å². The molecule has 0 bridgehead atoms. The second-order valence-corrected chi connectivity index (χ2v) is 4.25. The van der Waals surface area contributed by atoms with Gasteiger partial charge in [0.05, 0.1) is 0 Å². The molecule has 0 spiro atoms. The van der Waals surface area contributed by atoms with E-state index in [4.69, 9.17) is 11.6 Å². The largest absolute Gasteiger partial charge is 0.288 e. The predicted molar refractivity (Wildman–Crippen MR) is 66.6 cm³/mol. The number of aromatic amines is 1. The molecule has 0 atom stereocenters. The maximum Gasteiger partial charge on any atom is 0.273 e. The molecule has 0 fully saturated rings. The van der Waals surface area contributed by atoms with Gasteiger partial charge in [-0.3, -0.25) is 9.78 Å². The van der Waals surface area contributed by atoms with E-state index in [1.165, 1.54) is 4.52 Å². The van der Waals surface area contributed by atoms with Gasteiger partial charge in [0.25, 0.3) is 11.3 Å². The number of rotatable bonds is 1. The molecule has 1 N–H and O–H groups in total. The highest BCUT2D eigenvalue weighted by Crippen LogP contribution is 2.20.